The Morgan fingerprint density at radius 3 is 2.68 bits per heavy atom. The number of benzene rings is 1. The standard InChI is InChI=1S/C25H27FN4O7/c1-2-14-9-25(14,23(34)35)28-21(32)19-8-15(11-30(19)22(33)18-6-7-20(31)27-18)37-24(36)29-10-13-4-3-5-17(26)16(13)12-29/h2-5,14-15,18-19H,1,6-12H2,(H,27,31)(H,28,32)(H,34,35)/t14-,15-,18+,19+,25-/m1/s1. The first-order valence-corrected chi connectivity index (χ1v) is 12.1. The van der Waals surface area contributed by atoms with Crippen LogP contribution in [0.15, 0.2) is 30.9 Å². The van der Waals surface area contributed by atoms with Crippen LogP contribution in [0.25, 0.3) is 0 Å². The van der Waals surface area contributed by atoms with Gasteiger partial charge < -0.3 is 25.4 Å². The summed E-state index contributed by atoms with van der Waals surface area (Å²) in [5.74, 6) is -3.52. The average Bonchev–Trinajstić information content (AvgIpc) is 3.23. The monoisotopic (exact) mass is 514 g/mol. The zero-order valence-electron chi connectivity index (χ0n) is 19.9. The number of rotatable bonds is 6. The van der Waals surface area contributed by atoms with Crippen molar-refractivity contribution in [2.75, 3.05) is 6.54 Å². The smallest absolute Gasteiger partial charge is 0.410 e. The zero-order chi connectivity index (χ0) is 26.5. The van der Waals surface area contributed by atoms with E-state index in [-0.39, 0.29) is 51.2 Å². The van der Waals surface area contributed by atoms with Crippen LogP contribution < -0.4 is 10.6 Å². The molecule has 1 aromatic carbocycles. The Morgan fingerprint density at radius 1 is 1.27 bits per heavy atom. The van der Waals surface area contributed by atoms with Crippen molar-refractivity contribution in [2.24, 2.45) is 5.92 Å². The average molecular weight is 515 g/mol. The molecule has 0 spiro atoms. The van der Waals surface area contributed by atoms with Crippen LogP contribution in [-0.4, -0.2) is 75.0 Å². The molecule has 3 heterocycles. The van der Waals surface area contributed by atoms with Crippen molar-refractivity contribution >= 4 is 29.8 Å². The summed E-state index contributed by atoms with van der Waals surface area (Å²) in [6, 6.07) is 2.70. The lowest BCUT2D eigenvalue weighted by atomic mass is 10.1. The van der Waals surface area contributed by atoms with Gasteiger partial charge in [0.25, 0.3) is 0 Å². The number of hydrogen-bond donors (Lipinski definition) is 3. The van der Waals surface area contributed by atoms with Gasteiger partial charge in [-0.3, -0.25) is 19.3 Å². The minimum atomic E-state index is -1.49. The maximum atomic E-state index is 14.1. The molecule has 11 nitrogen and oxygen atoms in total. The fraction of sp³-hybridized carbons (Fsp3) is 0.480. The third kappa shape index (κ3) is 4.40. The van der Waals surface area contributed by atoms with Gasteiger partial charge in [0.1, 0.15) is 29.5 Å². The first-order chi connectivity index (χ1) is 17.6. The first kappa shape index (κ1) is 24.7. The molecule has 12 heteroatoms. The second-order valence-corrected chi connectivity index (χ2v) is 9.95. The fourth-order valence-electron chi connectivity index (χ4n) is 5.42. The third-order valence-corrected chi connectivity index (χ3v) is 7.62. The number of halogens is 1. The van der Waals surface area contributed by atoms with Gasteiger partial charge in [0, 0.05) is 30.9 Å². The number of ether oxygens (including phenoxy) is 1. The summed E-state index contributed by atoms with van der Waals surface area (Å²) in [6.45, 7) is 3.71. The Kier molecular flexibility index (Phi) is 6.12. The molecule has 3 aliphatic heterocycles. The fourth-order valence-corrected chi connectivity index (χ4v) is 5.42. The molecule has 196 valence electrons. The number of carbonyl (C=O) groups excluding carboxylic acids is 4. The summed E-state index contributed by atoms with van der Waals surface area (Å²) in [5, 5.41) is 14.8. The predicted octanol–water partition coefficient (Wildman–Crippen LogP) is 0.672. The van der Waals surface area contributed by atoms with Crippen LogP contribution in [0.2, 0.25) is 0 Å². The normalized spacial score (nSPS) is 29.9. The molecule has 2 saturated heterocycles. The Bertz CT molecular complexity index is 1210. The molecular formula is C25H27FN4O7. The molecule has 3 fully saturated rings. The summed E-state index contributed by atoms with van der Waals surface area (Å²) >= 11 is 0. The summed E-state index contributed by atoms with van der Waals surface area (Å²) in [7, 11) is 0. The van der Waals surface area contributed by atoms with Crippen LogP contribution in [-0.2, 0) is 37.0 Å². The van der Waals surface area contributed by atoms with Gasteiger partial charge >= 0.3 is 12.1 Å². The van der Waals surface area contributed by atoms with E-state index in [1.807, 2.05) is 0 Å². The molecule has 0 aromatic heterocycles. The van der Waals surface area contributed by atoms with Crippen LogP contribution >= 0.6 is 0 Å². The van der Waals surface area contributed by atoms with Crippen LogP contribution in [0.5, 0.6) is 0 Å². The first-order valence-electron chi connectivity index (χ1n) is 12.1. The van der Waals surface area contributed by atoms with E-state index in [0.717, 1.165) is 0 Å². The Hall–Kier alpha value is -3.96. The van der Waals surface area contributed by atoms with E-state index in [9.17, 15) is 33.5 Å². The lowest BCUT2D eigenvalue weighted by Crippen LogP contribution is -2.55. The highest BCUT2D eigenvalue weighted by atomic mass is 19.1. The summed E-state index contributed by atoms with van der Waals surface area (Å²) in [6.07, 6.45) is 0.472. The quantitative estimate of drug-likeness (QED) is 0.473. The maximum Gasteiger partial charge on any atom is 0.410 e. The molecule has 1 aromatic rings. The van der Waals surface area contributed by atoms with Crippen molar-refractivity contribution in [3.63, 3.8) is 0 Å². The van der Waals surface area contributed by atoms with Gasteiger partial charge in [0.2, 0.25) is 17.7 Å². The molecule has 0 bridgehead atoms. The highest BCUT2D eigenvalue weighted by Gasteiger charge is 2.61. The van der Waals surface area contributed by atoms with Gasteiger partial charge in [-0.1, -0.05) is 18.2 Å². The number of nitrogens with one attached hydrogen (secondary N) is 2. The topological polar surface area (TPSA) is 145 Å². The Labute approximate surface area is 211 Å². The molecule has 37 heavy (non-hydrogen) atoms. The highest BCUT2D eigenvalue weighted by Crippen LogP contribution is 2.45. The number of nitrogens with zero attached hydrogens (tertiary/aromatic N) is 2. The van der Waals surface area contributed by atoms with Crippen LogP contribution in [0.1, 0.15) is 36.8 Å². The number of likely N-dealkylation sites (tertiary alicyclic amines) is 1. The Balaban J connectivity index is 1.30. The molecule has 4 aliphatic rings. The van der Waals surface area contributed by atoms with E-state index in [1.54, 1.807) is 12.1 Å². The van der Waals surface area contributed by atoms with Crippen LogP contribution in [0, 0.1) is 11.7 Å². The van der Waals surface area contributed by atoms with Gasteiger partial charge in [0.05, 0.1) is 13.1 Å². The minimum Gasteiger partial charge on any atom is -0.479 e. The number of carboxylic acids is 1. The van der Waals surface area contributed by atoms with E-state index >= 15 is 0 Å². The molecule has 1 aliphatic carbocycles. The molecule has 0 radical (unpaired) electrons. The predicted molar refractivity (Wildman–Crippen MR) is 124 cm³/mol. The van der Waals surface area contributed by atoms with Crippen molar-refractivity contribution in [1.29, 1.82) is 0 Å². The zero-order valence-corrected chi connectivity index (χ0v) is 19.9. The Morgan fingerprint density at radius 2 is 2.05 bits per heavy atom. The second-order valence-electron chi connectivity index (χ2n) is 9.95. The van der Waals surface area contributed by atoms with Crippen molar-refractivity contribution in [3.8, 4) is 0 Å². The lowest BCUT2D eigenvalue weighted by Gasteiger charge is -2.27. The molecule has 1 saturated carbocycles. The SMILES string of the molecule is C=C[C@@H]1C[C@]1(NC(=O)[C@@H]1C[C@@H](OC(=O)N2Cc3cccc(F)c3C2)CN1C(=O)[C@@H]1CCC(=O)N1)C(=O)O. The van der Waals surface area contributed by atoms with Crippen molar-refractivity contribution in [2.45, 2.75) is 62.5 Å². The molecule has 3 N–H and O–H groups in total. The van der Waals surface area contributed by atoms with E-state index in [1.165, 1.54) is 21.9 Å². The third-order valence-electron chi connectivity index (χ3n) is 7.62. The van der Waals surface area contributed by atoms with Gasteiger partial charge in [-0.15, -0.1) is 6.58 Å². The van der Waals surface area contributed by atoms with Gasteiger partial charge in [-0.25, -0.2) is 14.0 Å². The van der Waals surface area contributed by atoms with Crippen molar-refractivity contribution in [1.82, 2.24) is 20.4 Å². The van der Waals surface area contributed by atoms with Gasteiger partial charge in [0.15, 0.2) is 0 Å². The van der Waals surface area contributed by atoms with Crippen LogP contribution in [0.3, 0.4) is 0 Å². The summed E-state index contributed by atoms with van der Waals surface area (Å²) in [5.41, 5.74) is -0.401. The van der Waals surface area contributed by atoms with Gasteiger partial charge in [-0.2, -0.15) is 0 Å². The van der Waals surface area contributed by atoms with Crippen molar-refractivity contribution in [3.05, 3.63) is 47.8 Å². The number of carboxylic acid groups (broad SMARTS) is 1. The minimum absolute atomic E-state index is 0.0400. The van der Waals surface area contributed by atoms with Gasteiger partial charge in [-0.05, 0) is 24.5 Å². The molecular weight excluding hydrogens is 487 g/mol. The number of fused-ring (bicyclic) bond motifs is 1. The summed E-state index contributed by atoms with van der Waals surface area (Å²) < 4.78 is 19.7. The maximum absolute atomic E-state index is 14.1. The lowest BCUT2D eigenvalue weighted by molar-refractivity contribution is -0.145. The van der Waals surface area contributed by atoms with E-state index in [2.05, 4.69) is 17.2 Å². The molecule has 0 unspecified atom stereocenters. The van der Waals surface area contributed by atoms with E-state index in [0.29, 0.717) is 11.1 Å². The largest absolute Gasteiger partial charge is 0.479 e. The highest BCUT2D eigenvalue weighted by molar-refractivity contribution is 5.97. The molecule has 5 atom stereocenters. The van der Waals surface area contributed by atoms with E-state index < -0.39 is 59.3 Å². The van der Waals surface area contributed by atoms with Crippen LogP contribution in [0.4, 0.5) is 9.18 Å². The van der Waals surface area contributed by atoms with E-state index in [4.69, 9.17) is 4.74 Å². The summed E-state index contributed by atoms with van der Waals surface area (Å²) in [4.78, 5) is 65.4. The number of aliphatic carboxylic acids is 1. The number of amides is 4. The van der Waals surface area contributed by atoms with Crippen molar-refractivity contribution < 1.29 is 38.2 Å². The number of hydrogen-bond acceptors (Lipinski definition) is 6. The second kappa shape index (κ2) is 9.16. The molecule has 4 amide bonds. The molecule has 5 rings (SSSR count). The number of carbonyl (C=O) groups is 5.